The van der Waals surface area contributed by atoms with Crippen LogP contribution in [-0.4, -0.2) is 19.1 Å². The van der Waals surface area contributed by atoms with Gasteiger partial charge >= 0.3 is 5.69 Å². The average molecular weight is 382 g/mol. The normalized spacial score (nSPS) is 67.2. The molecule has 0 saturated heterocycles. The Hall–Kier alpha value is -1.85. The van der Waals surface area contributed by atoms with E-state index in [1.807, 2.05) is 4.98 Å². The molecule has 6 heteroatoms. The largest absolute Gasteiger partial charge is 0.336 e. The predicted octanol–water partition coefficient (Wildman–Crippen LogP) is 2.78. The molecule has 4 fully saturated rings. The number of nitrogens with one attached hydrogen (secondary N) is 1. The molecule has 26 heavy (non-hydrogen) atoms. The highest BCUT2D eigenvalue weighted by Crippen LogP contribution is 2.65. The molecule has 1 N–H and O–H groups in total. The van der Waals surface area contributed by atoms with E-state index in [4.69, 9.17) is 32.9 Å². The molecule has 4 aliphatic carbocycles. The summed E-state index contributed by atoms with van der Waals surface area (Å²) in [7, 11) is 0. The molecule has 0 aromatic carbocycles. The van der Waals surface area contributed by atoms with Crippen LogP contribution in [0.5, 0.6) is 0 Å². The number of nitrogens with zero attached hydrogens (tertiary/aromatic N) is 3. The van der Waals surface area contributed by atoms with Gasteiger partial charge < -0.3 is 4.98 Å². The van der Waals surface area contributed by atoms with Crippen molar-refractivity contribution in [3.63, 3.8) is 0 Å². The van der Waals surface area contributed by atoms with Crippen molar-refractivity contribution in [1.29, 1.82) is 0 Å². The van der Waals surface area contributed by atoms with Crippen LogP contribution >= 0.6 is 0 Å². The summed E-state index contributed by atoms with van der Waals surface area (Å²) in [6.07, 6.45) is -26.5. The second-order valence-electron chi connectivity index (χ2n) is 5.61. The van der Waals surface area contributed by atoms with Crippen LogP contribution in [-0.2, 0) is 18.4 Å². The fourth-order valence-electron chi connectivity index (χ4n) is 3.17. The van der Waals surface area contributed by atoms with E-state index in [1.165, 1.54) is 0 Å². The Bertz CT molecular complexity index is 1940. The van der Waals surface area contributed by atoms with Gasteiger partial charge in [-0.05, 0) is 62.3 Å². The maximum atomic E-state index is 13.9. The first-order valence-corrected chi connectivity index (χ1v) is 7.40. The SMILES string of the molecule is [2H]C([2H])([2H])CC([2H])([2H])n1c(=O)c2[nH]c(C34C([2H])([2H])C5([2H])C([2H])([2H])C([2H])(C([2H])([2H])C3([2H])C5([2H])[2H])C4([2H])[2H])nc2n(C([2H])([2H])C([2H])([2H])C([2H])([2H])[2H])c1=O. The summed E-state index contributed by atoms with van der Waals surface area (Å²) in [6.45, 7) is -15.2. The standard InChI is InChI=1S/C20H28N4O2/c1-3-5-23-16-15(17(25)24(6-4-2)19(23)26)21-18(22-16)20-10-12-7-13(11-20)9-14(20)8-12/h12-14H,3-11H2,1-2H3,(H,21,22)/i1D3,2D3,3D2,5D2,6D2,7D2,8D2,9D2,10D2,11D2,12D,13D,14D. The molecule has 6 nitrogen and oxygen atoms in total. The first-order valence-electron chi connectivity index (χ1n) is 19.9. The topological polar surface area (TPSA) is 72.7 Å². The van der Waals surface area contributed by atoms with Crippen LogP contribution in [0, 0.1) is 17.7 Å². The molecule has 0 amide bonds. The third-order valence-corrected chi connectivity index (χ3v) is 4.21. The van der Waals surface area contributed by atoms with Gasteiger partial charge in [0, 0.05) is 49.9 Å². The van der Waals surface area contributed by atoms with Gasteiger partial charge in [0.1, 0.15) is 11.3 Å². The zero-order chi connectivity index (χ0) is 40.2. The molecule has 2 aromatic heterocycles. The van der Waals surface area contributed by atoms with Crippen molar-refractivity contribution in [3.05, 3.63) is 26.7 Å². The van der Waals surface area contributed by atoms with Gasteiger partial charge in [0.25, 0.3) is 5.56 Å². The van der Waals surface area contributed by atoms with E-state index in [0.717, 1.165) is 0 Å². The second-order valence-corrected chi connectivity index (χ2v) is 5.61. The van der Waals surface area contributed by atoms with Gasteiger partial charge in [-0.2, -0.15) is 0 Å². The number of aromatic nitrogens is 4. The van der Waals surface area contributed by atoms with E-state index in [1.54, 1.807) is 0 Å². The molecule has 2 aromatic rings. The Balaban J connectivity index is 2.08. The van der Waals surface area contributed by atoms with E-state index in [0.29, 0.717) is 0 Å². The van der Waals surface area contributed by atoms with Crippen LogP contribution in [0.1, 0.15) is 98.5 Å². The lowest BCUT2D eigenvalue weighted by atomic mass is 9.75. The summed E-state index contributed by atoms with van der Waals surface area (Å²) < 4.78 is 209. The van der Waals surface area contributed by atoms with Crippen molar-refractivity contribution >= 4 is 11.2 Å². The van der Waals surface area contributed by atoms with E-state index >= 15 is 0 Å². The van der Waals surface area contributed by atoms with Crippen LogP contribution in [0.3, 0.4) is 0 Å². The van der Waals surface area contributed by atoms with Gasteiger partial charge in [0.05, 0.1) is 2.74 Å². The molecule has 2 unspecified atom stereocenters. The zero-order valence-electron chi connectivity index (χ0n) is 37.9. The number of hydrogen-bond donors (Lipinski definition) is 1. The van der Waals surface area contributed by atoms with Crippen molar-refractivity contribution in [1.82, 2.24) is 19.1 Å². The molecule has 6 rings (SSSR count). The highest BCUT2D eigenvalue weighted by molar-refractivity contribution is 5.70. The molecule has 0 aliphatic heterocycles. The Morgan fingerprint density at radius 2 is 2.08 bits per heavy atom. The zero-order valence-corrected chi connectivity index (χ0v) is 12.9. The monoisotopic (exact) mass is 381 g/mol. The number of H-pyrrole nitrogens is 1. The molecule has 2 atom stereocenters. The number of hydrogen-bond acceptors (Lipinski definition) is 3. The Morgan fingerprint density at radius 3 is 2.81 bits per heavy atom. The minimum Gasteiger partial charge on any atom is -0.336 e. The maximum Gasteiger partial charge on any atom is 0.332 e. The molecule has 140 valence electrons. The van der Waals surface area contributed by atoms with E-state index < -0.39 is 132 Å². The number of fused-ring (bicyclic) bond motifs is 1. The van der Waals surface area contributed by atoms with Gasteiger partial charge in [-0.3, -0.25) is 13.9 Å². The highest BCUT2D eigenvalue weighted by Gasteiger charge is 2.59. The van der Waals surface area contributed by atoms with Crippen LogP contribution < -0.4 is 11.2 Å². The summed E-state index contributed by atoms with van der Waals surface area (Å²) in [4.78, 5) is 33.4. The van der Waals surface area contributed by atoms with Crippen molar-refractivity contribution in [2.45, 2.75) is 76.8 Å². The summed E-state index contributed by atoms with van der Waals surface area (Å²) >= 11 is 0. The Labute approximate surface area is 187 Å². The van der Waals surface area contributed by atoms with E-state index in [-0.39, 0.29) is 0 Å². The minimum absolute atomic E-state index is 0.568. The first kappa shape index (κ1) is 4.58. The molecule has 0 spiro atoms. The molecular weight excluding hydrogens is 328 g/mol. The van der Waals surface area contributed by atoms with Crippen LogP contribution in [0.2, 0.25) is 0 Å². The van der Waals surface area contributed by atoms with Crippen molar-refractivity contribution in [3.8, 4) is 0 Å². The minimum atomic E-state index is -4.26. The number of imidazole rings is 1. The maximum absolute atomic E-state index is 13.9. The lowest BCUT2D eigenvalue weighted by Gasteiger charge is -2.30. The van der Waals surface area contributed by atoms with Crippen LogP contribution in [0.25, 0.3) is 11.2 Å². The lowest BCUT2D eigenvalue weighted by molar-refractivity contribution is 0.262. The van der Waals surface area contributed by atoms with Crippen LogP contribution in [0.15, 0.2) is 9.59 Å². The molecular formula is C20H28N4O2. The Morgan fingerprint density at radius 1 is 1.27 bits per heavy atom. The van der Waals surface area contributed by atoms with Gasteiger partial charge in [0.15, 0.2) is 5.65 Å². The smallest absolute Gasteiger partial charge is 0.332 e. The van der Waals surface area contributed by atoms with Gasteiger partial charge in [-0.1, -0.05) is 13.7 Å². The average Bonchev–Trinajstić information content (AvgIpc) is 3.37. The molecule has 4 saturated carbocycles. The van der Waals surface area contributed by atoms with E-state index in [2.05, 4.69) is 4.98 Å². The summed E-state index contributed by atoms with van der Waals surface area (Å²) in [5, 5.41) is 0. The quantitative estimate of drug-likeness (QED) is 0.865. The molecule has 4 bridgehead atoms. The third-order valence-electron chi connectivity index (χ3n) is 4.21. The summed E-state index contributed by atoms with van der Waals surface area (Å²) in [5.41, 5.74) is -11.3. The number of aromatic amines is 1. The van der Waals surface area contributed by atoms with Crippen molar-refractivity contribution in [2.75, 3.05) is 0 Å². The molecule has 2 heterocycles. The third kappa shape index (κ3) is 2.01. The summed E-state index contributed by atoms with van der Waals surface area (Å²) in [6, 6.07) is 0. The fourth-order valence-corrected chi connectivity index (χ4v) is 3.17. The second kappa shape index (κ2) is 5.57. The van der Waals surface area contributed by atoms with Gasteiger partial charge in [-0.15, -0.1) is 0 Å². The van der Waals surface area contributed by atoms with Crippen molar-refractivity contribution in [2.24, 2.45) is 17.7 Å². The van der Waals surface area contributed by atoms with E-state index in [9.17, 15) is 11.0 Å². The number of rotatable bonds is 5. The van der Waals surface area contributed by atoms with Gasteiger partial charge in [0.2, 0.25) is 0 Å². The van der Waals surface area contributed by atoms with Crippen LogP contribution in [0.4, 0.5) is 0 Å². The first-order chi connectivity index (χ1) is 22.1. The summed E-state index contributed by atoms with van der Waals surface area (Å²) in [5.74, 6) is -13.8. The van der Waals surface area contributed by atoms with Gasteiger partial charge in [-0.25, -0.2) is 9.78 Å². The highest BCUT2D eigenvalue weighted by atomic mass is 16.2. The fraction of sp³-hybridized carbons (Fsp3) is 0.750. The Kier molecular flexibility index (Phi) is 0.982. The molecule has 0 radical (unpaired) electrons. The van der Waals surface area contributed by atoms with Crippen molar-refractivity contribution < 1.29 is 34.3 Å². The predicted molar refractivity (Wildman–Crippen MR) is 100 cm³/mol. The lowest BCUT2D eigenvalue weighted by Crippen LogP contribution is -2.40. The molecule has 4 aliphatic rings. The number of aryl methyl sites for hydroxylation is 1.